The monoisotopic (exact) mass is 259 g/mol. The van der Waals surface area contributed by atoms with Gasteiger partial charge in [0.2, 0.25) is 0 Å². The molecule has 0 bridgehead atoms. The second-order valence-electron chi connectivity index (χ2n) is 4.87. The Labute approximate surface area is 114 Å². The Kier molecular flexibility index (Phi) is 3.90. The molecule has 19 heavy (non-hydrogen) atoms. The zero-order valence-electron chi connectivity index (χ0n) is 12.2. The fourth-order valence-corrected chi connectivity index (χ4v) is 2.46. The van der Waals surface area contributed by atoms with E-state index >= 15 is 0 Å². The second kappa shape index (κ2) is 5.45. The number of aryl methyl sites for hydroxylation is 3. The van der Waals surface area contributed by atoms with Crippen molar-refractivity contribution in [1.82, 2.24) is 15.1 Å². The number of nitrogens with zero attached hydrogens (tertiary/aromatic N) is 2. The topological polar surface area (TPSA) is 39.1 Å². The van der Waals surface area contributed by atoms with Crippen molar-refractivity contribution < 1.29 is 4.74 Å². The van der Waals surface area contributed by atoms with E-state index in [4.69, 9.17) is 4.74 Å². The Hall–Kier alpha value is -1.81. The van der Waals surface area contributed by atoms with Crippen molar-refractivity contribution in [2.75, 3.05) is 14.2 Å². The summed E-state index contributed by atoms with van der Waals surface area (Å²) >= 11 is 0. The van der Waals surface area contributed by atoms with E-state index in [1.165, 1.54) is 16.7 Å². The van der Waals surface area contributed by atoms with Crippen LogP contribution in [-0.4, -0.2) is 23.9 Å². The minimum Gasteiger partial charge on any atom is -0.496 e. The maximum Gasteiger partial charge on any atom is 0.128 e. The molecule has 0 atom stereocenters. The van der Waals surface area contributed by atoms with Crippen LogP contribution in [0.25, 0.3) is 11.3 Å². The molecule has 0 saturated heterocycles. The van der Waals surface area contributed by atoms with E-state index in [1.807, 2.05) is 25.0 Å². The van der Waals surface area contributed by atoms with Crippen LogP contribution in [-0.2, 0) is 13.6 Å². The van der Waals surface area contributed by atoms with Crippen LogP contribution in [0.4, 0.5) is 0 Å². The molecule has 4 nitrogen and oxygen atoms in total. The Morgan fingerprint density at radius 2 is 2.05 bits per heavy atom. The van der Waals surface area contributed by atoms with Gasteiger partial charge in [-0.1, -0.05) is 6.07 Å². The van der Waals surface area contributed by atoms with Gasteiger partial charge in [0, 0.05) is 30.9 Å². The highest BCUT2D eigenvalue weighted by atomic mass is 16.5. The van der Waals surface area contributed by atoms with Crippen LogP contribution in [0.3, 0.4) is 0 Å². The lowest BCUT2D eigenvalue weighted by Crippen LogP contribution is -2.06. The summed E-state index contributed by atoms with van der Waals surface area (Å²) in [5, 5.41) is 7.78. The van der Waals surface area contributed by atoms with Crippen molar-refractivity contribution in [3.8, 4) is 17.0 Å². The molecule has 0 aliphatic carbocycles. The zero-order valence-corrected chi connectivity index (χ0v) is 12.2. The van der Waals surface area contributed by atoms with Crippen molar-refractivity contribution >= 4 is 0 Å². The summed E-state index contributed by atoms with van der Waals surface area (Å²) in [5.74, 6) is 0.883. The van der Waals surface area contributed by atoms with Gasteiger partial charge in [-0.15, -0.1) is 0 Å². The van der Waals surface area contributed by atoms with Gasteiger partial charge in [0.15, 0.2) is 0 Å². The van der Waals surface area contributed by atoms with Gasteiger partial charge in [0.05, 0.1) is 7.11 Å². The Morgan fingerprint density at radius 1 is 1.32 bits per heavy atom. The molecule has 0 aliphatic heterocycles. The number of aromatic nitrogens is 2. The Balaban J connectivity index is 2.64. The minimum absolute atomic E-state index is 0.791. The van der Waals surface area contributed by atoms with Gasteiger partial charge >= 0.3 is 0 Å². The van der Waals surface area contributed by atoms with Crippen molar-refractivity contribution in [2.45, 2.75) is 20.4 Å². The largest absolute Gasteiger partial charge is 0.496 e. The maximum atomic E-state index is 5.53. The molecule has 1 heterocycles. The van der Waals surface area contributed by atoms with Crippen LogP contribution >= 0.6 is 0 Å². The Morgan fingerprint density at radius 3 is 2.68 bits per heavy atom. The van der Waals surface area contributed by atoms with Gasteiger partial charge < -0.3 is 10.1 Å². The first kappa shape index (κ1) is 13.6. The molecule has 2 aromatic rings. The average Bonchev–Trinajstić information content (AvgIpc) is 2.69. The highest BCUT2D eigenvalue weighted by molar-refractivity contribution is 5.74. The number of nitrogens with one attached hydrogen (secondary N) is 1. The summed E-state index contributed by atoms with van der Waals surface area (Å²) in [6.45, 7) is 4.97. The molecule has 0 amide bonds. The van der Waals surface area contributed by atoms with Crippen LogP contribution in [0, 0.1) is 13.8 Å². The van der Waals surface area contributed by atoms with E-state index < -0.39 is 0 Å². The van der Waals surface area contributed by atoms with E-state index in [9.17, 15) is 0 Å². The molecule has 4 heteroatoms. The summed E-state index contributed by atoms with van der Waals surface area (Å²) in [5.41, 5.74) is 5.64. The van der Waals surface area contributed by atoms with Crippen molar-refractivity contribution in [3.63, 3.8) is 0 Å². The third-order valence-electron chi connectivity index (χ3n) is 3.17. The van der Waals surface area contributed by atoms with Crippen LogP contribution in [0.5, 0.6) is 5.75 Å². The molecule has 102 valence electrons. The van der Waals surface area contributed by atoms with Gasteiger partial charge in [0.25, 0.3) is 0 Å². The van der Waals surface area contributed by atoms with E-state index in [0.717, 1.165) is 23.6 Å². The number of benzene rings is 1. The van der Waals surface area contributed by atoms with Crippen LogP contribution in [0.15, 0.2) is 18.3 Å². The summed E-state index contributed by atoms with van der Waals surface area (Å²) in [7, 11) is 5.59. The molecule has 0 unspecified atom stereocenters. The lowest BCUT2D eigenvalue weighted by atomic mass is 9.99. The molecule has 0 saturated carbocycles. The van der Waals surface area contributed by atoms with Crippen LogP contribution < -0.4 is 10.1 Å². The van der Waals surface area contributed by atoms with Gasteiger partial charge in [-0.05, 0) is 38.1 Å². The third kappa shape index (κ3) is 2.63. The van der Waals surface area contributed by atoms with Crippen LogP contribution in [0.1, 0.15) is 16.7 Å². The summed E-state index contributed by atoms with van der Waals surface area (Å²) in [4.78, 5) is 0. The van der Waals surface area contributed by atoms with E-state index in [0.29, 0.717) is 0 Å². The lowest BCUT2D eigenvalue weighted by Gasteiger charge is -2.12. The summed E-state index contributed by atoms with van der Waals surface area (Å²) in [6.07, 6.45) is 2.05. The first-order chi connectivity index (χ1) is 9.06. The van der Waals surface area contributed by atoms with E-state index in [2.05, 4.69) is 36.4 Å². The molecule has 0 aliphatic rings. The summed E-state index contributed by atoms with van der Waals surface area (Å²) in [6, 6.07) is 4.22. The van der Waals surface area contributed by atoms with Gasteiger partial charge in [0.1, 0.15) is 11.4 Å². The predicted octanol–water partition coefficient (Wildman–Crippen LogP) is 2.43. The zero-order chi connectivity index (χ0) is 14.0. The van der Waals surface area contributed by atoms with E-state index in [-0.39, 0.29) is 0 Å². The molecule has 2 rings (SSSR count). The average molecular weight is 259 g/mol. The Bertz CT molecular complexity index is 587. The predicted molar refractivity (Wildman–Crippen MR) is 77.4 cm³/mol. The highest BCUT2D eigenvalue weighted by Crippen LogP contribution is 2.35. The van der Waals surface area contributed by atoms with Crippen LogP contribution in [0.2, 0.25) is 0 Å². The van der Waals surface area contributed by atoms with Gasteiger partial charge in [-0.25, -0.2) is 0 Å². The number of hydrogen-bond donors (Lipinski definition) is 1. The molecule has 0 radical (unpaired) electrons. The first-order valence-corrected chi connectivity index (χ1v) is 6.39. The molecule has 0 fully saturated rings. The molecule has 0 spiro atoms. The van der Waals surface area contributed by atoms with Crippen molar-refractivity contribution in [1.29, 1.82) is 0 Å². The summed E-state index contributed by atoms with van der Waals surface area (Å²) < 4.78 is 7.38. The van der Waals surface area contributed by atoms with Crippen molar-refractivity contribution in [3.05, 3.63) is 35.0 Å². The number of hydrogen-bond acceptors (Lipinski definition) is 3. The highest BCUT2D eigenvalue weighted by Gasteiger charge is 2.17. The molecule has 1 aromatic heterocycles. The quantitative estimate of drug-likeness (QED) is 0.916. The van der Waals surface area contributed by atoms with Gasteiger partial charge in [-0.3, -0.25) is 4.68 Å². The normalized spacial score (nSPS) is 10.8. The molecular weight excluding hydrogens is 238 g/mol. The molecular formula is C15H21N3O. The fourth-order valence-electron chi connectivity index (χ4n) is 2.46. The van der Waals surface area contributed by atoms with E-state index in [1.54, 1.807) is 7.11 Å². The standard InChI is InChI=1S/C15H21N3O/c1-10-6-11(2)14(13(7-10)19-5)15-12(8-16-3)9-18(4)17-15/h6-7,9,16H,8H2,1-5H3. The van der Waals surface area contributed by atoms with Crippen molar-refractivity contribution in [2.24, 2.45) is 7.05 Å². The lowest BCUT2D eigenvalue weighted by molar-refractivity contribution is 0.415. The molecule has 1 N–H and O–H groups in total. The second-order valence-corrected chi connectivity index (χ2v) is 4.87. The fraction of sp³-hybridized carbons (Fsp3) is 0.400. The number of ether oxygens (including phenoxy) is 1. The number of methoxy groups -OCH3 is 1. The first-order valence-electron chi connectivity index (χ1n) is 6.39. The molecule has 1 aromatic carbocycles. The SMILES string of the molecule is CNCc1cn(C)nc1-c1c(C)cc(C)cc1OC. The smallest absolute Gasteiger partial charge is 0.128 e. The number of rotatable bonds is 4. The third-order valence-corrected chi connectivity index (χ3v) is 3.17. The minimum atomic E-state index is 0.791. The maximum absolute atomic E-state index is 5.53. The van der Waals surface area contributed by atoms with Gasteiger partial charge in [-0.2, -0.15) is 5.10 Å².